The van der Waals surface area contributed by atoms with E-state index in [-0.39, 0.29) is 58.5 Å². The molecule has 0 fully saturated rings. The minimum absolute atomic E-state index is 0. The maximum Gasteiger partial charge on any atom is 0.0483 e. The third-order valence-electron chi connectivity index (χ3n) is 0. The normalized spacial score (nSPS) is 8.00. The summed E-state index contributed by atoms with van der Waals surface area (Å²) in [7, 11) is 0. The first-order valence-corrected chi connectivity index (χ1v) is 5.65. The minimum atomic E-state index is -0.167. The SMILES string of the molecule is CC(C)O.CC(C)O.CC(C)O.CC(C)O.Cl.[Ti]. The zero-order chi connectivity index (χ0) is 14.3. The summed E-state index contributed by atoms with van der Waals surface area (Å²) in [6.07, 6.45) is -0.667. The average Bonchev–Trinajstić information content (AvgIpc) is 1.76. The molecule has 116 valence electrons. The quantitative estimate of drug-likeness (QED) is 0.514. The average molecular weight is 325 g/mol. The molecule has 6 heteroatoms. The number of rotatable bonds is 0. The molecule has 0 unspecified atom stereocenters. The van der Waals surface area contributed by atoms with Crippen molar-refractivity contribution in [2.75, 3.05) is 0 Å². The van der Waals surface area contributed by atoms with Gasteiger partial charge < -0.3 is 20.4 Å². The van der Waals surface area contributed by atoms with Crippen LogP contribution in [0.5, 0.6) is 0 Å². The van der Waals surface area contributed by atoms with E-state index >= 15 is 0 Å². The molecular weight excluding hydrogens is 291 g/mol. The van der Waals surface area contributed by atoms with Gasteiger partial charge in [0.1, 0.15) is 0 Å². The van der Waals surface area contributed by atoms with Gasteiger partial charge in [0.2, 0.25) is 0 Å². The van der Waals surface area contributed by atoms with Gasteiger partial charge in [-0.05, 0) is 55.4 Å². The van der Waals surface area contributed by atoms with E-state index in [1.807, 2.05) is 0 Å². The van der Waals surface area contributed by atoms with E-state index < -0.39 is 0 Å². The van der Waals surface area contributed by atoms with Crippen LogP contribution in [-0.4, -0.2) is 44.8 Å². The maximum atomic E-state index is 8.06. The third-order valence-corrected chi connectivity index (χ3v) is 0. The number of aliphatic hydroxyl groups is 4. The summed E-state index contributed by atoms with van der Waals surface area (Å²) >= 11 is 0. The standard InChI is InChI=1S/4C3H8O.ClH.Ti/c4*1-3(2)4;;/h4*3-4H,1-2H3;1H;. The summed E-state index contributed by atoms with van der Waals surface area (Å²) in [5, 5.41) is 32.2. The van der Waals surface area contributed by atoms with E-state index in [2.05, 4.69) is 0 Å². The molecule has 0 aromatic carbocycles. The van der Waals surface area contributed by atoms with Crippen molar-refractivity contribution in [3.63, 3.8) is 0 Å². The molecule has 0 aliphatic rings. The molecular formula is C12H33ClO4Ti. The van der Waals surface area contributed by atoms with E-state index in [0.29, 0.717) is 0 Å². The molecule has 0 rings (SSSR count). The van der Waals surface area contributed by atoms with Gasteiger partial charge in [-0.25, -0.2) is 0 Å². The van der Waals surface area contributed by atoms with Crippen molar-refractivity contribution >= 4 is 12.4 Å². The summed E-state index contributed by atoms with van der Waals surface area (Å²) in [5.41, 5.74) is 0. The number of aliphatic hydroxyl groups excluding tert-OH is 4. The molecule has 0 aliphatic heterocycles. The number of hydrogen-bond donors (Lipinski definition) is 4. The predicted molar refractivity (Wildman–Crippen MR) is 76.7 cm³/mol. The van der Waals surface area contributed by atoms with E-state index in [9.17, 15) is 0 Å². The first kappa shape index (κ1) is 36.4. The Balaban J connectivity index is -0.0000000257. The molecule has 0 heterocycles. The van der Waals surface area contributed by atoms with Crippen molar-refractivity contribution in [1.82, 2.24) is 0 Å². The Labute approximate surface area is 134 Å². The summed E-state index contributed by atoms with van der Waals surface area (Å²) < 4.78 is 0. The van der Waals surface area contributed by atoms with Gasteiger partial charge in [-0.2, -0.15) is 0 Å². The summed E-state index contributed by atoms with van der Waals surface area (Å²) in [4.78, 5) is 0. The van der Waals surface area contributed by atoms with Crippen LogP contribution < -0.4 is 0 Å². The molecule has 4 N–H and O–H groups in total. The van der Waals surface area contributed by atoms with E-state index in [1.54, 1.807) is 55.4 Å². The smallest absolute Gasteiger partial charge is 0.0483 e. The molecule has 4 nitrogen and oxygen atoms in total. The number of halogens is 1. The van der Waals surface area contributed by atoms with Gasteiger partial charge in [-0.3, -0.25) is 0 Å². The van der Waals surface area contributed by atoms with Crippen molar-refractivity contribution < 1.29 is 42.1 Å². The van der Waals surface area contributed by atoms with Crippen molar-refractivity contribution in [1.29, 1.82) is 0 Å². The fourth-order valence-electron chi connectivity index (χ4n) is 0. The molecule has 0 saturated heterocycles. The fraction of sp³-hybridized carbons (Fsp3) is 1.00. The van der Waals surface area contributed by atoms with E-state index in [1.165, 1.54) is 0 Å². The maximum absolute atomic E-state index is 8.06. The van der Waals surface area contributed by atoms with Gasteiger partial charge in [0.15, 0.2) is 0 Å². The van der Waals surface area contributed by atoms with Crippen LogP contribution in [-0.2, 0) is 21.7 Å². The van der Waals surface area contributed by atoms with Crippen molar-refractivity contribution in [2.45, 2.75) is 79.8 Å². The summed E-state index contributed by atoms with van der Waals surface area (Å²) in [5.74, 6) is 0. The molecule has 0 bridgehead atoms. The Bertz CT molecular complexity index is 67.1. The van der Waals surface area contributed by atoms with Crippen LogP contribution in [0, 0.1) is 0 Å². The second-order valence-electron chi connectivity index (χ2n) is 4.37. The molecule has 18 heavy (non-hydrogen) atoms. The van der Waals surface area contributed by atoms with Gasteiger partial charge in [-0.15, -0.1) is 12.4 Å². The van der Waals surface area contributed by atoms with Gasteiger partial charge in [0.25, 0.3) is 0 Å². The van der Waals surface area contributed by atoms with Crippen LogP contribution in [0.1, 0.15) is 55.4 Å². The van der Waals surface area contributed by atoms with Crippen molar-refractivity contribution in [3.05, 3.63) is 0 Å². The number of hydrogen-bond acceptors (Lipinski definition) is 4. The fourth-order valence-corrected chi connectivity index (χ4v) is 0. The van der Waals surface area contributed by atoms with Crippen LogP contribution in [0.4, 0.5) is 0 Å². The molecule has 0 aliphatic carbocycles. The van der Waals surface area contributed by atoms with Crippen LogP contribution in [0.3, 0.4) is 0 Å². The Kier molecular flexibility index (Phi) is 62.0. The largest absolute Gasteiger partial charge is 0.394 e. The van der Waals surface area contributed by atoms with E-state index in [4.69, 9.17) is 20.4 Å². The van der Waals surface area contributed by atoms with Crippen molar-refractivity contribution in [2.24, 2.45) is 0 Å². The molecule has 0 aromatic rings. The van der Waals surface area contributed by atoms with Crippen LogP contribution in [0.25, 0.3) is 0 Å². The van der Waals surface area contributed by atoms with Crippen LogP contribution >= 0.6 is 12.4 Å². The third kappa shape index (κ3) is 5930. The van der Waals surface area contributed by atoms with Crippen molar-refractivity contribution in [3.8, 4) is 0 Å². The Morgan fingerprint density at radius 3 is 0.444 bits per heavy atom. The molecule has 0 aromatic heterocycles. The van der Waals surface area contributed by atoms with Gasteiger partial charge in [-0.1, -0.05) is 0 Å². The zero-order valence-corrected chi connectivity index (χ0v) is 15.4. The minimum Gasteiger partial charge on any atom is -0.394 e. The molecule has 0 spiro atoms. The Morgan fingerprint density at radius 1 is 0.444 bits per heavy atom. The van der Waals surface area contributed by atoms with E-state index in [0.717, 1.165) is 0 Å². The Hall–Kier alpha value is 0.844. The first-order valence-electron chi connectivity index (χ1n) is 5.65. The van der Waals surface area contributed by atoms with Gasteiger partial charge in [0, 0.05) is 46.1 Å². The van der Waals surface area contributed by atoms with Gasteiger partial charge in [0.05, 0.1) is 0 Å². The second kappa shape index (κ2) is 30.7. The zero-order valence-electron chi connectivity index (χ0n) is 13.0. The topological polar surface area (TPSA) is 80.9 Å². The first-order chi connectivity index (χ1) is 6.93. The van der Waals surface area contributed by atoms with Crippen LogP contribution in [0.2, 0.25) is 0 Å². The monoisotopic (exact) mass is 324 g/mol. The Morgan fingerprint density at radius 2 is 0.444 bits per heavy atom. The van der Waals surface area contributed by atoms with Crippen LogP contribution in [0.15, 0.2) is 0 Å². The summed E-state index contributed by atoms with van der Waals surface area (Å²) in [6.45, 7) is 13.8. The predicted octanol–water partition coefficient (Wildman–Crippen LogP) is 1.97. The van der Waals surface area contributed by atoms with Gasteiger partial charge >= 0.3 is 0 Å². The molecule has 0 amide bonds. The summed E-state index contributed by atoms with van der Waals surface area (Å²) in [6, 6.07) is 0. The molecule has 0 radical (unpaired) electrons. The second-order valence-corrected chi connectivity index (χ2v) is 4.37. The molecule has 0 atom stereocenters. The molecule has 0 saturated carbocycles.